The third-order valence-electron chi connectivity index (χ3n) is 2.62. The summed E-state index contributed by atoms with van der Waals surface area (Å²) >= 11 is 0. The van der Waals surface area contributed by atoms with E-state index in [4.69, 9.17) is 10.2 Å². The van der Waals surface area contributed by atoms with Gasteiger partial charge in [0.2, 0.25) is 0 Å². The average Bonchev–Trinajstić information content (AvgIpc) is 2.63. The second-order valence-corrected chi connectivity index (χ2v) is 3.53. The van der Waals surface area contributed by atoms with Crippen LogP contribution in [0.1, 0.15) is 25.0 Å². The summed E-state index contributed by atoms with van der Waals surface area (Å²) in [6, 6.07) is 10.1. The largest absolute Gasteiger partial charge is 0.461 e. The number of benzene rings is 1. The molecule has 2 N–H and O–H groups in total. The first-order valence-electron chi connectivity index (χ1n) is 5.03. The molecule has 2 rings (SSSR count). The van der Waals surface area contributed by atoms with Crippen molar-refractivity contribution < 1.29 is 4.42 Å². The maximum Gasteiger partial charge on any atom is 0.134 e. The third-order valence-corrected chi connectivity index (χ3v) is 2.62. The van der Waals surface area contributed by atoms with Crippen molar-refractivity contribution in [1.82, 2.24) is 0 Å². The van der Waals surface area contributed by atoms with Crippen LogP contribution in [0.4, 0.5) is 0 Å². The zero-order valence-electron chi connectivity index (χ0n) is 8.36. The zero-order chi connectivity index (χ0) is 9.97. The van der Waals surface area contributed by atoms with Crippen LogP contribution in [0.2, 0.25) is 0 Å². The molecule has 0 saturated carbocycles. The van der Waals surface area contributed by atoms with Gasteiger partial charge >= 0.3 is 0 Å². The Labute approximate surface area is 83.7 Å². The first kappa shape index (κ1) is 9.28. The van der Waals surface area contributed by atoms with Crippen LogP contribution in [-0.4, -0.2) is 6.54 Å². The number of furan rings is 1. The molecule has 0 radical (unpaired) electrons. The van der Waals surface area contributed by atoms with Crippen molar-refractivity contribution in [3.63, 3.8) is 0 Å². The van der Waals surface area contributed by atoms with Crippen LogP contribution in [0.5, 0.6) is 0 Å². The number of para-hydroxylation sites is 1. The molecule has 1 aromatic carbocycles. The van der Waals surface area contributed by atoms with E-state index in [2.05, 4.69) is 19.1 Å². The van der Waals surface area contributed by atoms with Crippen LogP contribution >= 0.6 is 0 Å². The summed E-state index contributed by atoms with van der Waals surface area (Å²) in [5, 5.41) is 1.16. The molecule has 14 heavy (non-hydrogen) atoms. The molecule has 0 aliphatic rings. The van der Waals surface area contributed by atoms with Crippen LogP contribution in [-0.2, 0) is 0 Å². The molecule has 0 fully saturated rings. The van der Waals surface area contributed by atoms with Gasteiger partial charge in [-0.25, -0.2) is 0 Å². The second-order valence-electron chi connectivity index (χ2n) is 3.53. The van der Waals surface area contributed by atoms with E-state index >= 15 is 0 Å². The van der Waals surface area contributed by atoms with E-state index in [1.807, 2.05) is 18.2 Å². The average molecular weight is 189 g/mol. The van der Waals surface area contributed by atoms with Gasteiger partial charge in [-0.15, -0.1) is 0 Å². The summed E-state index contributed by atoms with van der Waals surface area (Å²) in [5.41, 5.74) is 6.63. The Balaban J connectivity index is 2.43. The van der Waals surface area contributed by atoms with Crippen molar-refractivity contribution in [2.45, 2.75) is 19.3 Å². The van der Waals surface area contributed by atoms with Gasteiger partial charge in [-0.1, -0.05) is 25.1 Å². The molecule has 0 saturated heterocycles. The van der Waals surface area contributed by atoms with E-state index in [9.17, 15) is 0 Å². The van der Waals surface area contributed by atoms with Gasteiger partial charge < -0.3 is 10.2 Å². The number of hydrogen-bond donors (Lipinski definition) is 1. The maximum absolute atomic E-state index is 5.73. The van der Waals surface area contributed by atoms with Crippen molar-refractivity contribution >= 4 is 11.0 Å². The lowest BCUT2D eigenvalue weighted by Gasteiger charge is -2.06. The van der Waals surface area contributed by atoms with Crippen molar-refractivity contribution in [1.29, 1.82) is 0 Å². The van der Waals surface area contributed by atoms with Gasteiger partial charge in [0.25, 0.3) is 0 Å². The van der Waals surface area contributed by atoms with E-state index < -0.39 is 0 Å². The summed E-state index contributed by atoms with van der Waals surface area (Å²) in [6.45, 7) is 2.78. The Kier molecular flexibility index (Phi) is 2.55. The van der Waals surface area contributed by atoms with Gasteiger partial charge in [0.05, 0.1) is 0 Å². The number of hydrogen-bond acceptors (Lipinski definition) is 2. The Hall–Kier alpha value is -1.28. The Morgan fingerprint density at radius 1 is 1.36 bits per heavy atom. The maximum atomic E-state index is 5.73. The molecule has 2 aromatic rings. The molecule has 2 nitrogen and oxygen atoms in total. The van der Waals surface area contributed by atoms with Gasteiger partial charge in [0, 0.05) is 17.8 Å². The first-order chi connectivity index (χ1) is 6.85. The number of fused-ring (bicyclic) bond motifs is 1. The summed E-state index contributed by atoms with van der Waals surface area (Å²) in [6.07, 6.45) is 1.02. The fourth-order valence-corrected chi connectivity index (χ4v) is 1.69. The van der Waals surface area contributed by atoms with Gasteiger partial charge in [0.1, 0.15) is 11.3 Å². The molecule has 2 heteroatoms. The molecule has 0 spiro atoms. The summed E-state index contributed by atoms with van der Waals surface area (Å²) in [7, 11) is 0. The molecule has 1 aromatic heterocycles. The first-order valence-corrected chi connectivity index (χ1v) is 5.03. The second kappa shape index (κ2) is 3.84. The Morgan fingerprint density at radius 3 is 2.79 bits per heavy atom. The molecule has 1 heterocycles. The smallest absolute Gasteiger partial charge is 0.134 e. The highest BCUT2D eigenvalue weighted by Crippen LogP contribution is 2.26. The number of nitrogens with two attached hydrogens (primary N) is 1. The standard InChI is InChI=1S/C12H15NO/c1-2-9(8-13)12-7-10-5-3-4-6-11(10)14-12/h3-7,9H,2,8,13H2,1H3. The number of rotatable bonds is 3. The summed E-state index contributed by atoms with van der Waals surface area (Å²) in [4.78, 5) is 0. The predicted octanol–water partition coefficient (Wildman–Crippen LogP) is 2.89. The van der Waals surface area contributed by atoms with Crippen molar-refractivity contribution in [3.05, 3.63) is 36.1 Å². The Bertz CT molecular complexity index is 382. The van der Waals surface area contributed by atoms with Crippen molar-refractivity contribution in [3.8, 4) is 0 Å². The molecule has 1 atom stereocenters. The summed E-state index contributed by atoms with van der Waals surface area (Å²) < 4.78 is 5.73. The topological polar surface area (TPSA) is 39.2 Å². The zero-order valence-corrected chi connectivity index (χ0v) is 8.36. The lowest BCUT2D eigenvalue weighted by molar-refractivity contribution is 0.484. The van der Waals surface area contributed by atoms with Crippen LogP contribution in [0.25, 0.3) is 11.0 Å². The fourth-order valence-electron chi connectivity index (χ4n) is 1.69. The third kappa shape index (κ3) is 1.53. The van der Waals surface area contributed by atoms with E-state index in [-0.39, 0.29) is 0 Å². The molecular weight excluding hydrogens is 174 g/mol. The minimum atomic E-state index is 0.349. The van der Waals surface area contributed by atoms with Crippen LogP contribution in [0.15, 0.2) is 34.7 Å². The van der Waals surface area contributed by atoms with E-state index in [1.54, 1.807) is 0 Å². The highest BCUT2D eigenvalue weighted by Gasteiger charge is 2.12. The monoisotopic (exact) mass is 189 g/mol. The fraction of sp³-hybridized carbons (Fsp3) is 0.333. The minimum Gasteiger partial charge on any atom is -0.461 e. The predicted molar refractivity (Wildman–Crippen MR) is 58.3 cm³/mol. The van der Waals surface area contributed by atoms with Gasteiger partial charge in [0.15, 0.2) is 0 Å². The van der Waals surface area contributed by atoms with Crippen LogP contribution in [0, 0.1) is 0 Å². The van der Waals surface area contributed by atoms with Gasteiger partial charge in [-0.3, -0.25) is 0 Å². The quantitative estimate of drug-likeness (QED) is 0.806. The highest BCUT2D eigenvalue weighted by molar-refractivity contribution is 5.77. The van der Waals surface area contributed by atoms with Crippen LogP contribution in [0.3, 0.4) is 0 Å². The van der Waals surface area contributed by atoms with Crippen LogP contribution < -0.4 is 5.73 Å². The molecule has 1 unspecified atom stereocenters. The molecule has 0 bridgehead atoms. The van der Waals surface area contributed by atoms with Gasteiger partial charge in [-0.05, 0) is 18.6 Å². The van der Waals surface area contributed by atoms with E-state index in [1.165, 1.54) is 0 Å². The lowest BCUT2D eigenvalue weighted by atomic mass is 10.0. The lowest BCUT2D eigenvalue weighted by Crippen LogP contribution is -2.10. The van der Waals surface area contributed by atoms with Crippen molar-refractivity contribution in [2.75, 3.05) is 6.54 Å². The molecular formula is C12H15NO. The SMILES string of the molecule is CCC(CN)c1cc2ccccc2o1. The molecule has 0 amide bonds. The summed E-state index contributed by atoms with van der Waals surface area (Å²) in [5.74, 6) is 1.36. The van der Waals surface area contributed by atoms with E-state index in [0.717, 1.165) is 23.2 Å². The molecule has 0 aliphatic carbocycles. The molecule has 0 aliphatic heterocycles. The minimum absolute atomic E-state index is 0.349. The van der Waals surface area contributed by atoms with E-state index in [0.29, 0.717) is 12.5 Å². The Morgan fingerprint density at radius 2 is 2.14 bits per heavy atom. The van der Waals surface area contributed by atoms with Crippen molar-refractivity contribution in [2.24, 2.45) is 5.73 Å². The normalized spacial score (nSPS) is 13.3. The molecule has 74 valence electrons. The highest BCUT2D eigenvalue weighted by atomic mass is 16.3. The van der Waals surface area contributed by atoms with Gasteiger partial charge in [-0.2, -0.15) is 0 Å².